The molecule has 5 nitrogen and oxygen atoms in total. The second kappa shape index (κ2) is 5.09. The Morgan fingerprint density at radius 2 is 2.35 bits per heavy atom. The third-order valence-electron chi connectivity index (χ3n) is 2.56. The third-order valence-corrected chi connectivity index (χ3v) is 3.25. The molecule has 2 rings (SSSR count). The van der Waals surface area contributed by atoms with Gasteiger partial charge in [-0.15, -0.1) is 11.3 Å². The van der Waals surface area contributed by atoms with Crippen molar-refractivity contribution in [2.24, 2.45) is 0 Å². The molecule has 0 spiro atoms. The Balaban J connectivity index is 1.88. The summed E-state index contributed by atoms with van der Waals surface area (Å²) in [5, 5.41) is 12.3. The van der Waals surface area contributed by atoms with Crippen LogP contribution in [0.15, 0.2) is 11.6 Å². The second-order valence-corrected chi connectivity index (χ2v) is 4.69. The fraction of sp³-hybridized carbons (Fsp3) is 0.364. The van der Waals surface area contributed by atoms with Crippen molar-refractivity contribution in [2.75, 3.05) is 5.32 Å². The fourth-order valence-electron chi connectivity index (χ4n) is 1.65. The van der Waals surface area contributed by atoms with E-state index in [1.54, 1.807) is 6.20 Å². The van der Waals surface area contributed by atoms with Gasteiger partial charge in [-0.05, 0) is 25.8 Å². The highest BCUT2D eigenvalue weighted by molar-refractivity contribution is 7.13. The molecular formula is C11H14N4OS. The molecule has 2 N–H and O–H groups in total. The van der Waals surface area contributed by atoms with Gasteiger partial charge in [0.25, 0.3) is 0 Å². The minimum absolute atomic E-state index is 0.0139. The average molecular weight is 250 g/mol. The van der Waals surface area contributed by atoms with Crippen molar-refractivity contribution in [1.82, 2.24) is 15.2 Å². The Morgan fingerprint density at radius 3 is 2.94 bits per heavy atom. The Labute approximate surface area is 103 Å². The monoisotopic (exact) mass is 250 g/mol. The average Bonchev–Trinajstić information content (AvgIpc) is 2.88. The number of hydrogen-bond donors (Lipinski definition) is 2. The predicted molar refractivity (Wildman–Crippen MR) is 67.1 cm³/mol. The topological polar surface area (TPSA) is 70.7 Å². The normalized spacial score (nSPS) is 10.5. The number of rotatable bonds is 4. The van der Waals surface area contributed by atoms with E-state index >= 15 is 0 Å². The van der Waals surface area contributed by atoms with Gasteiger partial charge in [-0.2, -0.15) is 5.10 Å². The summed E-state index contributed by atoms with van der Waals surface area (Å²) < 4.78 is 0. The number of aromatic amines is 1. The molecule has 0 radical (unpaired) electrons. The number of H-pyrrole nitrogens is 1. The Morgan fingerprint density at radius 1 is 1.53 bits per heavy atom. The van der Waals surface area contributed by atoms with E-state index in [-0.39, 0.29) is 5.91 Å². The van der Waals surface area contributed by atoms with E-state index in [4.69, 9.17) is 0 Å². The van der Waals surface area contributed by atoms with Gasteiger partial charge in [0.2, 0.25) is 5.91 Å². The van der Waals surface area contributed by atoms with E-state index in [2.05, 4.69) is 20.5 Å². The van der Waals surface area contributed by atoms with Crippen LogP contribution in [-0.4, -0.2) is 21.1 Å². The Hall–Kier alpha value is -1.69. The standard InChI is InChI=1S/C11H14N4OS/c1-7-9(8(2)15-14-7)3-4-10(16)13-11-12-5-6-17-11/h5-6H,3-4H2,1-2H3,(H,14,15)(H,12,13,16). The molecule has 6 heteroatoms. The number of nitrogens with zero attached hydrogens (tertiary/aromatic N) is 2. The van der Waals surface area contributed by atoms with Crippen LogP contribution < -0.4 is 5.32 Å². The van der Waals surface area contributed by atoms with E-state index in [0.717, 1.165) is 17.0 Å². The quantitative estimate of drug-likeness (QED) is 0.872. The van der Waals surface area contributed by atoms with Crippen molar-refractivity contribution < 1.29 is 4.79 Å². The summed E-state index contributed by atoms with van der Waals surface area (Å²) in [6.45, 7) is 3.91. The molecule has 17 heavy (non-hydrogen) atoms. The van der Waals surface area contributed by atoms with Crippen molar-refractivity contribution in [1.29, 1.82) is 0 Å². The van der Waals surface area contributed by atoms with Crippen molar-refractivity contribution in [2.45, 2.75) is 26.7 Å². The van der Waals surface area contributed by atoms with Crippen LogP contribution in [-0.2, 0) is 11.2 Å². The van der Waals surface area contributed by atoms with Crippen LogP contribution in [0.25, 0.3) is 0 Å². The smallest absolute Gasteiger partial charge is 0.226 e. The molecule has 0 aliphatic rings. The summed E-state index contributed by atoms with van der Waals surface area (Å²) in [4.78, 5) is 15.7. The van der Waals surface area contributed by atoms with Crippen LogP contribution in [0.3, 0.4) is 0 Å². The second-order valence-electron chi connectivity index (χ2n) is 3.80. The zero-order valence-electron chi connectivity index (χ0n) is 9.78. The Kier molecular flexibility index (Phi) is 3.53. The number of hydrogen-bond acceptors (Lipinski definition) is 4. The van der Waals surface area contributed by atoms with Crippen molar-refractivity contribution in [3.05, 3.63) is 28.5 Å². The lowest BCUT2D eigenvalue weighted by Gasteiger charge is -2.02. The van der Waals surface area contributed by atoms with Crippen LogP contribution >= 0.6 is 11.3 Å². The molecule has 1 amide bonds. The van der Waals surface area contributed by atoms with Gasteiger partial charge in [0.15, 0.2) is 5.13 Å². The maximum absolute atomic E-state index is 11.7. The Bertz CT molecular complexity index is 484. The SMILES string of the molecule is Cc1n[nH]c(C)c1CCC(=O)Nc1nccs1. The molecule has 0 aliphatic carbocycles. The van der Waals surface area contributed by atoms with E-state index in [9.17, 15) is 4.79 Å². The highest BCUT2D eigenvalue weighted by atomic mass is 32.1. The van der Waals surface area contributed by atoms with Gasteiger partial charge in [0, 0.05) is 23.7 Å². The van der Waals surface area contributed by atoms with Gasteiger partial charge in [0.05, 0.1) is 5.69 Å². The molecule has 2 aromatic rings. The number of carbonyl (C=O) groups is 1. The van der Waals surface area contributed by atoms with Crippen molar-refractivity contribution >= 4 is 22.4 Å². The third kappa shape index (κ3) is 2.91. The molecule has 2 heterocycles. The van der Waals surface area contributed by atoms with Crippen LogP contribution in [0.2, 0.25) is 0 Å². The maximum Gasteiger partial charge on any atom is 0.226 e. The van der Waals surface area contributed by atoms with Gasteiger partial charge < -0.3 is 5.32 Å². The van der Waals surface area contributed by atoms with Crippen molar-refractivity contribution in [3.8, 4) is 0 Å². The lowest BCUT2D eigenvalue weighted by molar-refractivity contribution is -0.116. The first-order valence-corrected chi connectivity index (χ1v) is 6.24. The molecule has 0 fully saturated rings. The molecule has 0 aromatic carbocycles. The van der Waals surface area contributed by atoms with E-state index < -0.39 is 0 Å². The summed E-state index contributed by atoms with van der Waals surface area (Å²) >= 11 is 1.42. The van der Waals surface area contributed by atoms with Gasteiger partial charge in [-0.1, -0.05) is 0 Å². The number of thiazole rings is 1. The first-order valence-electron chi connectivity index (χ1n) is 5.36. The number of nitrogens with one attached hydrogen (secondary N) is 2. The first-order chi connectivity index (χ1) is 8.16. The lowest BCUT2D eigenvalue weighted by Crippen LogP contribution is -2.12. The lowest BCUT2D eigenvalue weighted by atomic mass is 10.1. The number of aromatic nitrogens is 3. The first kappa shape index (κ1) is 11.8. The van der Waals surface area contributed by atoms with Crippen LogP contribution in [0, 0.1) is 13.8 Å². The molecule has 2 aromatic heterocycles. The van der Waals surface area contributed by atoms with Gasteiger partial charge >= 0.3 is 0 Å². The zero-order chi connectivity index (χ0) is 12.3. The molecule has 0 aliphatic heterocycles. The van der Waals surface area contributed by atoms with E-state index in [1.165, 1.54) is 11.3 Å². The summed E-state index contributed by atoms with van der Waals surface area (Å²) in [5.41, 5.74) is 3.12. The highest BCUT2D eigenvalue weighted by Gasteiger charge is 2.09. The molecule has 0 saturated carbocycles. The van der Waals surface area contributed by atoms with Gasteiger partial charge in [0.1, 0.15) is 0 Å². The van der Waals surface area contributed by atoms with Crippen LogP contribution in [0.5, 0.6) is 0 Å². The molecule has 0 bridgehead atoms. The molecule has 0 saturated heterocycles. The minimum atomic E-state index is -0.0139. The van der Waals surface area contributed by atoms with E-state index in [1.807, 2.05) is 19.2 Å². The number of anilines is 1. The van der Waals surface area contributed by atoms with Crippen molar-refractivity contribution in [3.63, 3.8) is 0 Å². The highest BCUT2D eigenvalue weighted by Crippen LogP contribution is 2.14. The largest absolute Gasteiger partial charge is 0.302 e. The molecule has 0 atom stereocenters. The summed E-state index contributed by atoms with van der Waals surface area (Å²) in [6, 6.07) is 0. The van der Waals surface area contributed by atoms with E-state index in [0.29, 0.717) is 18.0 Å². The zero-order valence-corrected chi connectivity index (χ0v) is 10.6. The summed E-state index contributed by atoms with van der Waals surface area (Å²) in [6.07, 6.45) is 2.82. The molecular weight excluding hydrogens is 236 g/mol. The number of aryl methyl sites for hydroxylation is 2. The molecule has 0 unspecified atom stereocenters. The predicted octanol–water partition coefficient (Wildman–Crippen LogP) is 2.05. The minimum Gasteiger partial charge on any atom is -0.302 e. The number of amides is 1. The summed E-state index contributed by atoms with van der Waals surface area (Å²) in [7, 11) is 0. The maximum atomic E-state index is 11.7. The van der Waals surface area contributed by atoms with Gasteiger partial charge in [-0.25, -0.2) is 4.98 Å². The fourth-order valence-corrected chi connectivity index (χ4v) is 2.19. The van der Waals surface area contributed by atoms with Gasteiger partial charge in [-0.3, -0.25) is 9.89 Å². The van der Waals surface area contributed by atoms with Crippen LogP contribution in [0.4, 0.5) is 5.13 Å². The molecule has 90 valence electrons. The number of carbonyl (C=O) groups excluding carboxylic acids is 1. The van der Waals surface area contributed by atoms with Crippen LogP contribution in [0.1, 0.15) is 23.4 Å². The summed E-state index contributed by atoms with van der Waals surface area (Å²) in [5.74, 6) is -0.0139.